The summed E-state index contributed by atoms with van der Waals surface area (Å²) in [4.78, 5) is 16.2. The third-order valence-corrected chi connectivity index (χ3v) is 4.67. The molecule has 0 spiro atoms. The van der Waals surface area contributed by atoms with E-state index < -0.39 is 11.6 Å². The lowest BCUT2D eigenvalue weighted by atomic mass is 10.2. The number of amides is 1. The van der Waals surface area contributed by atoms with Gasteiger partial charge < -0.3 is 9.73 Å². The van der Waals surface area contributed by atoms with E-state index in [-0.39, 0.29) is 11.6 Å². The number of aromatic nitrogens is 1. The molecule has 0 saturated carbocycles. The molecule has 0 saturated heterocycles. The number of halogens is 2. The molecule has 26 heavy (non-hydrogen) atoms. The normalized spacial score (nSPS) is 11.0. The molecule has 0 radical (unpaired) electrons. The number of carbonyl (C=O) groups is 1. The van der Waals surface area contributed by atoms with Gasteiger partial charge in [0.2, 0.25) is 5.91 Å². The molecule has 0 aliphatic heterocycles. The van der Waals surface area contributed by atoms with E-state index in [4.69, 9.17) is 4.42 Å². The fourth-order valence-electron chi connectivity index (χ4n) is 2.44. The van der Waals surface area contributed by atoms with Crippen LogP contribution < -0.4 is 5.32 Å². The van der Waals surface area contributed by atoms with Gasteiger partial charge in [-0.25, -0.2) is 13.8 Å². The van der Waals surface area contributed by atoms with Crippen molar-refractivity contribution in [2.75, 3.05) is 11.1 Å². The zero-order valence-corrected chi connectivity index (χ0v) is 14.8. The summed E-state index contributed by atoms with van der Waals surface area (Å²) in [6.07, 6.45) is 2.78. The first-order chi connectivity index (χ1) is 12.6. The average Bonchev–Trinajstić information content (AvgIpc) is 3.03. The Hall–Kier alpha value is -2.41. The van der Waals surface area contributed by atoms with Gasteiger partial charge in [-0.3, -0.25) is 4.79 Å². The first-order valence-corrected chi connectivity index (χ1v) is 9.33. The van der Waals surface area contributed by atoms with Crippen LogP contribution in [0.15, 0.2) is 52.1 Å². The van der Waals surface area contributed by atoms with Crippen LogP contribution in [0.1, 0.15) is 25.7 Å². The van der Waals surface area contributed by atoms with E-state index in [1.807, 2.05) is 24.3 Å². The number of carbonyl (C=O) groups excluding carboxylic acids is 1. The average molecular weight is 376 g/mol. The molecule has 1 N–H and O–H groups in total. The molecule has 1 heterocycles. The van der Waals surface area contributed by atoms with E-state index in [2.05, 4.69) is 10.3 Å². The second-order valence-corrected chi connectivity index (χ2v) is 6.83. The first-order valence-electron chi connectivity index (χ1n) is 8.35. The number of anilines is 1. The Morgan fingerprint density at radius 1 is 1.12 bits per heavy atom. The van der Waals surface area contributed by atoms with E-state index in [1.165, 1.54) is 6.07 Å². The largest absolute Gasteiger partial charge is 0.431 e. The molecular formula is C19H18F2N2O2S. The summed E-state index contributed by atoms with van der Waals surface area (Å²) in [5, 5.41) is 3.11. The maximum Gasteiger partial charge on any atom is 0.256 e. The molecule has 1 amide bonds. The Morgan fingerprint density at radius 3 is 2.77 bits per heavy atom. The van der Waals surface area contributed by atoms with Gasteiger partial charge in [0.25, 0.3) is 5.22 Å². The molecule has 3 aromatic rings. The summed E-state index contributed by atoms with van der Waals surface area (Å²) in [6.45, 7) is 0. The predicted octanol–water partition coefficient (Wildman–Crippen LogP) is 5.40. The lowest BCUT2D eigenvalue weighted by Crippen LogP contribution is -2.12. The number of oxazole rings is 1. The van der Waals surface area contributed by atoms with Gasteiger partial charge in [-0.05, 0) is 37.1 Å². The molecule has 0 bridgehead atoms. The minimum atomic E-state index is -0.770. The van der Waals surface area contributed by atoms with Crippen LogP contribution >= 0.6 is 11.8 Å². The molecule has 3 rings (SSSR count). The fourth-order valence-corrected chi connectivity index (χ4v) is 3.27. The van der Waals surface area contributed by atoms with Crippen molar-refractivity contribution in [2.24, 2.45) is 0 Å². The van der Waals surface area contributed by atoms with Crippen LogP contribution in [0.25, 0.3) is 11.1 Å². The van der Waals surface area contributed by atoms with Gasteiger partial charge in [0.1, 0.15) is 17.2 Å². The third-order valence-electron chi connectivity index (χ3n) is 3.75. The monoisotopic (exact) mass is 376 g/mol. The van der Waals surface area contributed by atoms with Gasteiger partial charge in [0.05, 0.1) is 5.69 Å². The number of fused-ring (bicyclic) bond motifs is 1. The Bertz CT molecular complexity index is 865. The molecular weight excluding hydrogens is 358 g/mol. The van der Waals surface area contributed by atoms with Gasteiger partial charge >= 0.3 is 0 Å². The van der Waals surface area contributed by atoms with E-state index in [0.29, 0.717) is 18.1 Å². The summed E-state index contributed by atoms with van der Waals surface area (Å²) >= 11 is 1.55. The maximum absolute atomic E-state index is 13.5. The lowest BCUT2D eigenvalue weighted by Gasteiger charge is -2.06. The van der Waals surface area contributed by atoms with E-state index >= 15 is 0 Å². The quantitative estimate of drug-likeness (QED) is 0.423. The van der Waals surface area contributed by atoms with Crippen LogP contribution in [0, 0.1) is 11.6 Å². The number of unbranched alkanes of at least 4 members (excludes halogenated alkanes) is 2. The highest BCUT2D eigenvalue weighted by Crippen LogP contribution is 2.24. The van der Waals surface area contributed by atoms with Crippen LogP contribution in [-0.4, -0.2) is 16.6 Å². The smallest absolute Gasteiger partial charge is 0.256 e. The molecule has 0 atom stereocenters. The molecule has 2 aromatic carbocycles. The van der Waals surface area contributed by atoms with Crippen molar-refractivity contribution < 1.29 is 18.0 Å². The van der Waals surface area contributed by atoms with E-state index in [9.17, 15) is 13.6 Å². The van der Waals surface area contributed by atoms with Crippen LogP contribution in [0.4, 0.5) is 14.5 Å². The molecule has 0 aliphatic carbocycles. The lowest BCUT2D eigenvalue weighted by molar-refractivity contribution is -0.116. The number of rotatable bonds is 8. The number of para-hydroxylation sites is 2. The Balaban J connectivity index is 1.33. The van der Waals surface area contributed by atoms with Crippen molar-refractivity contribution in [3.63, 3.8) is 0 Å². The van der Waals surface area contributed by atoms with Gasteiger partial charge in [-0.2, -0.15) is 0 Å². The van der Waals surface area contributed by atoms with Gasteiger partial charge in [0.15, 0.2) is 5.58 Å². The van der Waals surface area contributed by atoms with Crippen LogP contribution in [0.3, 0.4) is 0 Å². The van der Waals surface area contributed by atoms with Crippen molar-refractivity contribution in [3.05, 3.63) is 54.1 Å². The highest BCUT2D eigenvalue weighted by Gasteiger charge is 2.08. The molecule has 1 aromatic heterocycles. The summed E-state index contributed by atoms with van der Waals surface area (Å²) in [6, 6.07) is 10.7. The minimum absolute atomic E-state index is 0.00270. The molecule has 0 unspecified atom stereocenters. The summed E-state index contributed by atoms with van der Waals surface area (Å²) in [7, 11) is 0. The standard InChI is InChI=1S/C19H18F2N2O2S/c20-13-9-10-15(14(21)12-13)22-18(24)8-2-1-5-11-26-19-23-16-6-3-4-7-17(16)25-19/h3-4,6-7,9-10,12H,1-2,5,8,11H2,(H,22,24). The number of nitrogens with zero attached hydrogens (tertiary/aromatic N) is 1. The number of hydrogen-bond acceptors (Lipinski definition) is 4. The topological polar surface area (TPSA) is 55.1 Å². The van der Waals surface area contributed by atoms with Crippen molar-refractivity contribution in [3.8, 4) is 0 Å². The van der Waals surface area contributed by atoms with Crippen LogP contribution in [-0.2, 0) is 4.79 Å². The fraction of sp³-hybridized carbons (Fsp3) is 0.263. The van der Waals surface area contributed by atoms with Crippen molar-refractivity contribution in [1.82, 2.24) is 4.98 Å². The van der Waals surface area contributed by atoms with Crippen LogP contribution in [0.2, 0.25) is 0 Å². The number of benzene rings is 2. The van der Waals surface area contributed by atoms with Gasteiger partial charge in [-0.15, -0.1) is 0 Å². The van der Waals surface area contributed by atoms with Crippen molar-refractivity contribution in [1.29, 1.82) is 0 Å². The second kappa shape index (κ2) is 8.80. The van der Waals surface area contributed by atoms with E-state index in [0.717, 1.165) is 41.8 Å². The Morgan fingerprint density at radius 2 is 1.96 bits per heavy atom. The van der Waals surface area contributed by atoms with Crippen molar-refractivity contribution in [2.45, 2.75) is 30.9 Å². The molecule has 136 valence electrons. The maximum atomic E-state index is 13.5. The third kappa shape index (κ3) is 5.05. The highest BCUT2D eigenvalue weighted by molar-refractivity contribution is 7.99. The summed E-state index contributed by atoms with van der Waals surface area (Å²) < 4.78 is 31.9. The molecule has 0 fully saturated rings. The molecule has 4 nitrogen and oxygen atoms in total. The summed E-state index contributed by atoms with van der Waals surface area (Å²) in [5.41, 5.74) is 1.63. The number of hydrogen-bond donors (Lipinski definition) is 1. The first kappa shape index (κ1) is 18.4. The minimum Gasteiger partial charge on any atom is -0.431 e. The second-order valence-electron chi connectivity index (χ2n) is 5.78. The van der Waals surface area contributed by atoms with Gasteiger partial charge in [-0.1, -0.05) is 30.3 Å². The SMILES string of the molecule is O=C(CCCCCSc1nc2ccccc2o1)Nc1ccc(F)cc1F. The Kier molecular flexibility index (Phi) is 6.22. The Labute approximate surface area is 154 Å². The zero-order valence-electron chi connectivity index (χ0n) is 14.0. The van der Waals surface area contributed by atoms with Crippen molar-refractivity contribution >= 4 is 34.5 Å². The summed E-state index contributed by atoms with van der Waals surface area (Å²) in [5.74, 6) is -0.867. The zero-order chi connectivity index (χ0) is 18.4. The number of thioether (sulfide) groups is 1. The number of nitrogens with one attached hydrogen (secondary N) is 1. The molecule has 0 aliphatic rings. The van der Waals surface area contributed by atoms with E-state index in [1.54, 1.807) is 11.8 Å². The molecule has 7 heteroatoms. The highest BCUT2D eigenvalue weighted by atomic mass is 32.2. The van der Waals surface area contributed by atoms with Crippen LogP contribution in [0.5, 0.6) is 0 Å². The predicted molar refractivity (Wildman–Crippen MR) is 98.2 cm³/mol. The van der Waals surface area contributed by atoms with Gasteiger partial charge in [0, 0.05) is 18.2 Å².